The van der Waals surface area contributed by atoms with E-state index in [0.29, 0.717) is 32.2 Å². The first kappa shape index (κ1) is 16.2. The van der Waals surface area contributed by atoms with E-state index in [-0.39, 0.29) is 12.1 Å². The van der Waals surface area contributed by atoms with Crippen LogP contribution >= 0.6 is 0 Å². The van der Waals surface area contributed by atoms with E-state index in [9.17, 15) is 8.42 Å². The number of nitrogens with zero attached hydrogens (tertiary/aromatic N) is 2. The second kappa shape index (κ2) is 6.70. The van der Waals surface area contributed by atoms with Crippen LogP contribution in [0.25, 0.3) is 0 Å². The molecule has 0 spiro atoms. The van der Waals surface area contributed by atoms with Crippen molar-refractivity contribution in [1.82, 2.24) is 13.9 Å². The zero-order valence-corrected chi connectivity index (χ0v) is 13.5. The summed E-state index contributed by atoms with van der Waals surface area (Å²) in [5.74, 6) is 0.590. The Morgan fingerprint density at radius 2 is 1.90 bits per heavy atom. The van der Waals surface area contributed by atoms with Crippen LogP contribution in [0.1, 0.15) is 26.7 Å². The molecule has 0 aliphatic carbocycles. The van der Waals surface area contributed by atoms with E-state index in [2.05, 4.69) is 5.32 Å². The lowest BCUT2D eigenvalue weighted by Gasteiger charge is -2.40. The number of ether oxygens (including phenoxy) is 1. The van der Waals surface area contributed by atoms with Gasteiger partial charge in [-0.1, -0.05) is 0 Å². The number of nitrogens with one attached hydrogen (secondary N) is 1. The van der Waals surface area contributed by atoms with Gasteiger partial charge >= 0.3 is 0 Å². The Hall–Kier alpha value is -0.210. The first-order valence-electron chi connectivity index (χ1n) is 7.48. The van der Waals surface area contributed by atoms with Crippen LogP contribution in [-0.4, -0.2) is 69.0 Å². The van der Waals surface area contributed by atoms with Gasteiger partial charge in [0.15, 0.2) is 0 Å². The molecule has 0 amide bonds. The van der Waals surface area contributed by atoms with Crippen LogP contribution in [0.15, 0.2) is 0 Å². The summed E-state index contributed by atoms with van der Waals surface area (Å²) in [5.41, 5.74) is 0. The van der Waals surface area contributed by atoms with Crippen LogP contribution in [0.5, 0.6) is 0 Å². The first-order chi connectivity index (χ1) is 9.45. The lowest BCUT2D eigenvalue weighted by molar-refractivity contribution is -0.0194. The highest BCUT2D eigenvalue weighted by molar-refractivity contribution is 7.86. The van der Waals surface area contributed by atoms with E-state index < -0.39 is 10.2 Å². The summed E-state index contributed by atoms with van der Waals surface area (Å²) in [4.78, 5) is 0. The van der Waals surface area contributed by atoms with Crippen LogP contribution in [0.4, 0.5) is 0 Å². The summed E-state index contributed by atoms with van der Waals surface area (Å²) in [6, 6.07) is -0.0776. The molecular weight excluding hydrogens is 278 g/mol. The largest absolute Gasteiger partial charge is 0.375 e. The first-order valence-corrected chi connectivity index (χ1v) is 8.88. The van der Waals surface area contributed by atoms with Crippen LogP contribution in [-0.2, 0) is 14.9 Å². The van der Waals surface area contributed by atoms with Gasteiger partial charge in [0.2, 0.25) is 0 Å². The molecule has 2 aliphatic rings. The SMILES string of the molecule is CNCC1CCN(S(=O)(=O)N2C[C@H](C)OC[C@@H]2C)CC1. The lowest BCUT2D eigenvalue weighted by atomic mass is 9.98. The molecule has 0 aromatic heterocycles. The van der Waals surface area contributed by atoms with Crippen molar-refractivity contribution < 1.29 is 13.2 Å². The summed E-state index contributed by atoms with van der Waals surface area (Å²) < 4.78 is 34.3. The fourth-order valence-corrected chi connectivity index (χ4v) is 4.86. The maximum Gasteiger partial charge on any atom is 0.282 e. The molecule has 0 aromatic rings. The van der Waals surface area contributed by atoms with E-state index in [4.69, 9.17) is 4.74 Å². The second-order valence-electron chi connectivity index (χ2n) is 5.97. The summed E-state index contributed by atoms with van der Waals surface area (Å²) in [5, 5.41) is 3.17. The molecule has 1 N–H and O–H groups in total. The smallest absolute Gasteiger partial charge is 0.282 e. The minimum Gasteiger partial charge on any atom is -0.375 e. The molecule has 2 saturated heterocycles. The van der Waals surface area contributed by atoms with E-state index in [0.717, 1.165) is 19.4 Å². The molecule has 2 atom stereocenters. The van der Waals surface area contributed by atoms with Crippen molar-refractivity contribution in [2.75, 3.05) is 39.8 Å². The molecule has 0 radical (unpaired) electrons. The Balaban J connectivity index is 2.00. The number of hydrogen-bond donors (Lipinski definition) is 1. The van der Waals surface area contributed by atoms with E-state index in [1.165, 1.54) is 0 Å². The molecule has 0 saturated carbocycles. The van der Waals surface area contributed by atoms with Crippen LogP contribution in [0.2, 0.25) is 0 Å². The molecule has 2 aliphatic heterocycles. The Kier molecular flexibility index (Phi) is 5.42. The third kappa shape index (κ3) is 3.51. The summed E-state index contributed by atoms with van der Waals surface area (Å²) in [7, 11) is -1.39. The minimum absolute atomic E-state index is 0.0252. The van der Waals surface area contributed by atoms with E-state index in [1.54, 1.807) is 8.61 Å². The highest BCUT2D eigenvalue weighted by Gasteiger charge is 2.38. The van der Waals surface area contributed by atoms with Crippen molar-refractivity contribution in [1.29, 1.82) is 0 Å². The van der Waals surface area contributed by atoms with Crippen molar-refractivity contribution in [3.05, 3.63) is 0 Å². The highest BCUT2D eigenvalue weighted by atomic mass is 32.2. The number of morpholine rings is 1. The standard InChI is InChI=1S/C13H27N3O3S/c1-11-10-19-12(2)9-16(11)20(17,18)15-6-4-13(5-7-15)8-14-3/h11-14H,4-10H2,1-3H3/t11-,12-/m0/s1. The predicted molar refractivity (Wildman–Crippen MR) is 78.7 cm³/mol. The lowest BCUT2D eigenvalue weighted by Crippen LogP contribution is -2.56. The Labute approximate surface area is 122 Å². The van der Waals surface area contributed by atoms with E-state index >= 15 is 0 Å². The van der Waals surface area contributed by atoms with Gasteiger partial charge in [0.1, 0.15) is 0 Å². The van der Waals surface area contributed by atoms with Gasteiger partial charge < -0.3 is 10.1 Å². The van der Waals surface area contributed by atoms with Crippen molar-refractivity contribution >= 4 is 10.2 Å². The van der Waals surface area contributed by atoms with E-state index in [1.807, 2.05) is 20.9 Å². The third-order valence-corrected chi connectivity index (χ3v) is 6.36. The second-order valence-corrected chi connectivity index (χ2v) is 7.85. The van der Waals surface area contributed by atoms with Crippen molar-refractivity contribution in [2.24, 2.45) is 5.92 Å². The highest BCUT2D eigenvalue weighted by Crippen LogP contribution is 2.24. The summed E-state index contributed by atoms with van der Waals surface area (Å²) in [6.45, 7) is 7.01. The van der Waals surface area contributed by atoms with Gasteiger partial charge in [0.05, 0.1) is 12.7 Å². The van der Waals surface area contributed by atoms with Gasteiger partial charge in [0.25, 0.3) is 10.2 Å². The fraction of sp³-hybridized carbons (Fsp3) is 1.00. The Morgan fingerprint density at radius 1 is 1.25 bits per heavy atom. The van der Waals surface area contributed by atoms with Gasteiger partial charge in [-0.2, -0.15) is 17.0 Å². The molecule has 0 unspecified atom stereocenters. The molecule has 2 fully saturated rings. The van der Waals surface area contributed by atoms with Gasteiger partial charge in [-0.15, -0.1) is 0 Å². The minimum atomic E-state index is -3.34. The molecule has 0 aromatic carbocycles. The molecule has 0 bridgehead atoms. The van der Waals surface area contributed by atoms with Gasteiger partial charge in [-0.25, -0.2) is 0 Å². The van der Waals surface area contributed by atoms with Crippen LogP contribution in [0.3, 0.4) is 0 Å². The maximum absolute atomic E-state index is 12.7. The monoisotopic (exact) mass is 305 g/mol. The van der Waals surface area contributed by atoms with Crippen molar-refractivity contribution in [3.8, 4) is 0 Å². The van der Waals surface area contributed by atoms with Crippen LogP contribution in [0, 0.1) is 5.92 Å². The molecule has 2 heterocycles. The molecule has 6 nitrogen and oxygen atoms in total. The molecule has 7 heteroatoms. The maximum atomic E-state index is 12.7. The van der Waals surface area contributed by atoms with Crippen LogP contribution < -0.4 is 5.32 Å². The van der Waals surface area contributed by atoms with Crippen molar-refractivity contribution in [2.45, 2.75) is 38.8 Å². The molecule has 118 valence electrons. The average molecular weight is 305 g/mol. The zero-order valence-electron chi connectivity index (χ0n) is 12.7. The topological polar surface area (TPSA) is 61.9 Å². The molecule has 2 rings (SSSR count). The Bertz CT molecular complexity index is 407. The Morgan fingerprint density at radius 3 is 2.50 bits per heavy atom. The predicted octanol–water partition coefficient (Wildman–Crippen LogP) is 0.272. The molecular formula is C13H27N3O3S. The van der Waals surface area contributed by atoms with Gasteiger partial charge in [-0.3, -0.25) is 0 Å². The van der Waals surface area contributed by atoms with Crippen molar-refractivity contribution in [3.63, 3.8) is 0 Å². The average Bonchev–Trinajstić information content (AvgIpc) is 2.42. The summed E-state index contributed by atoms with van der Waals surface area (Å²) >= 11 is 0. The van der Waals surface area contributed by atoms with Gasteiger partial charge in [0, 0.05) is 25.7 Å². The number of hydrogen-bond acceptors (Lipinski definition) is 4. The molecule has 20 heavy (non-hydrogen) atoms. The number of rotatable bonds is 4. The fourth-order valence-electron chi connectivity index (χ4n) is 2.98. The quantitative estimate of drug-likeness (QED) is 0.810. The normalized spacial score (nSPS) is 31.6. The number of piperidine rings is 1. The zero-order chi connectivity index (χ0) is 14.8. The third-order valence-electron chi connectivity index (χ3n) is 4.24. The summed E-state index contributed by atoms with van der Waals surface area (Å²) in [6.07, 6.45) is 1.85. The van der Waals surface area contributed by atoms with Gasteiger partial charge in [-0.05, 0) is 46.2 Å².